The fraction of sp³-hybridized carbons (Fsp3) is 0.320. The Morgan fingerprint density at radius 2 is 1.87 bits per heavy atom. The van der Waals surface area contributed by atoms with Gasteiger partial charge in [-0.2, -0.15) is 0 Å². The normalized spacial score (nSPS) is 20.5. The number of aliphatic carboxylic acids is 1. The molecule has 0 radical (unpaired) electrons. The van der Waals surface area contributed by atoms with Crippen molar-refractivity contribution in [2.75, 3.05) is 6.54 Å². The molecule has 0 amide bonds. The second kappa shape index (κ2) is 8.47. The second-order valence-electron chi connectivity index (χ2n) is 8.35. The molecule has 0 saturated heterocycles. The van der Waals surface area contributed by atoms with E-state index in [1.54, 1.807) is 0 Å². The van der Waals surface area contributed by atoms with Crippen LogP contribution in [0.5, 0.6) is 5.75 Å². The van der Waals surface area contributed by atoms with Gasteiger partial charge in [-0.15, -0.1) is 0 Å². The number of rotatable bonds is 6. The van der Waals surface area contributed by atoms with Crippen LogP contribution < -0.4 is 4.74 Å². The Morgan fingerprint density at radius 1 is 1.10 bits per heavy atom. The molecule has 3 aromatic rings. The van der Waals surface area contributed by atoms with Gasteiger partial charge in [0.25, 0.3) is 0 Å². The van der Waals surface area contributed by atoms with E-state index in [0.29, 0.717) is 12.6 Å². The Balaban J connectivity index is 1.21. The molecule has 2 aliphatic rings. The molecule has 5 rings (SSSR count). The van der Waals surface area contributed by atoms with Crippen molar-refractivity contribution in [3.05, 3.63) is 77.6 Å². The summed E-state index contributed by atoms with van der Waals surface area (Å²) in [5.74, 6) is 0.709. The molecule has 1 aliphatic carbocycles. The van der Waals surface area contributed by atoms with Crippen LogP contribution in [0.4, 0.5) is 0 Å². The molecule has 0 atom stereocenters. The van der Waals surface area contributed by atoms with E-state index in [-0.39, 0.29) is 5.92 Å². The fourth-order valence-corrected chi connectivity index (χ4v) is 4.32. The SMILES string of the molecule is O=C(O)C1CC(N2CCc3nc(-c4ccc(OCc5ccccc5)cc4)ncc3C2)C1. The van der Waals surface area contributed by atoms with Gasteiger partial charge >= 0.3 is 5.97 Å². The van der Waals surface area contributed by atoms with E-state index < -0.39 is 5.97 Å². The number of ether oxygens (including phenoxy) is 1. The molecule has 0 spiro atoms. The van der Waals surface area contributed by atoms with Gasteiger partial charge in [0, 0.05) is 42.9 Å². The standard InChI is InChI=1S/C25H25N3O3/c29-25(30)19-12-21(13-19)28-11-10-23-20(15-28)14-26-24(27-23)18-6-8-22(9-7-18)31-16-17-4-2-1-3-5-17/h1-9,14,19,21H,10-13,15-16H2,(H,29,30). The van der Waals surface area contributed by atoms with Crippen LogP contribution in [-0.2, 0) is 24.4 Å². The minimum Gasteiger partial charge on any atom is -0.489 e. The van der Waals surface area contributed by atoms with E-state index in [9.17, 15) is 4.79 Å². The minimum atomic E-state index is -0.668. The summed E-state index contributed by atoms with van der Waals surface area (Å²) >= 11 is 0. The summed E-state index contributed by atoms with van der Waals surface area (Å²) < 4.78 is 5.86. The molecule has 158 valence electrons. The molecule has 1 aliphatic heterocycles. The number of hydrogen-bond donors (Lipinski definition) is 1. The monoisotopic (exact) mass is 415 g/mol. The van der Waals surface area contributed by atoms with E-state index in [1.807, 2.05) is 60.8 Å². The highest BCUT2D eigenvalue weighted by molar-refractivity contribution is 5.71. The zero-order chi connectivity index (χ0) is 21.2. The van der Waals surface area contributed by atoms with Gasteiger partial charge in [-0.25, -0.2) is 9.97 Å². The predicted octanol–water partition coefficient (Wildman–Crippen LogP) is 3.94. The molecule has 1 saturated carbocycles. The van der Waals surface area contributed by atoms with E-state index in [1.165, 1.54) is 0 Å². The van der Waals surface area contributed by atoms with E-state index >= 15 is 0 Å². The lowest BCUT2D eigenvalue weighted by Gasteiger charge is -2.43. The van der Waals surface area contributed by atoms with Crippen molar-refractivity contribution in [2.24, 2.45) is 5.92 Å². The van der Waals surface area contributed by atoms with Crippen LogP contribution >= 0.6 is 0 Å². The molecule has 2 heterocycles. The molecular weight excluding hydrogens is 390 g/mol. The molecule has 1 N–H and O–H groups in total. The minimum absolute atomic E-state index is 0.176. The first-order chi connectivity index (χ1) is 15.2. The molecule has 6 nitrogen and oxygen atoms in total. The molecule has 2 aromatic carbocycles. The van der Waals surface area contributed by atoms with Crippen molar-refractivity contribution in [3.63, 3.8) is 0 Å². The lowest BCUT2D eigenvalue weighted by Crippen LogP contribution is -2.48. The molecular formula is C25H25N3O3. The highest BCUT2D eigenvalue weighted by atomic mass is 16.5. The first-order valence-electron chi connectivity index (χ1n) is 10.7. The zero-order valence-corrected chi connectivity index (χ0v) is 17.3. The van der Waals surface area contributed by atoms with Crippen molar-refractivity contribution >= 4 is 5.97 Å². The maximum Gasteiger partial charge on any atom is 0.306 e. The van der Waals surface area contributed by atoms with Gasteiger partial charge in [0.15, 0.2) is 5.82 Å². The smallest absolute Gasteiger partial charge is 0.306 e. The third-order valence-corrected chi connectivity index (χ3v) is 6.30. The third kappa shape index (κ3) is 4.30. The number of aromatic nitrogens is 2. The largest absolute Gasteiger partial charge is 0.489 e. The number of carbonyl (C=O) groups is 1. The topological polar surface area (TPSA) is 75.5 Å². The Labute approximate surface area is 181 Å². The quantitative estimate of drug-likeness (QED) is 0.657. The zero-order valence-electron chi connectivity index (χ0n) is 17.3. The Hall–Kier alpha value is -3.25. The van der Waals surface area contributed by atoms with Gasteiger partial charge in [0.05, 0.1) is 11.6 Å². The molecule has 1 fully saturated rings. The first kappa shape index (κ1) is 19.7. The van der Waals surface area contributed by atoms with Crippen LogP contribution in [0.25, 0.3) is 11.4 Å². The molecule has 6 heteroatoms. The first-order valence-corrected chi connectivity index (χ1v) is 10.7. The predicted molar refractivity (Wildman–Crippen MR) is 117 cm³/mol. The van der Waals surface area contributed by atoms with Crippen LogP contribution in [0.3, 0.4) is 0 Å². The van der Waals surface area contributed by atoms with Crippen molar-refractivity contribution in [1.29, 1.82) is 0 Å². The second-order valence-corrected chi connectivity index (χ2v) is 8.35. The van der Waals surface area contributed by atoms with Gasteiger partial charge in [0.1, 0.15) is 12.4 Å². The fourth-order valence-electron chi connectivity index (χ4n) is 4.32. The average Bonchev–Trinajstić information content (AvgIpc) is 2.77. The molecule has 0 bridgehead atoms. The van der Waals surface area contributed by atoms with Crippen molar-refractivity contribution in [3.8, 4) is 17.1 Å². The summed E-state index contributed by atoms with van der Waals surface area (Å²) in [5.41, 5.74) is 4.36. The van der Waals surface area contributed by atoms with Crippen LogP contribution in [0, 0.1) is 5.92 Å². The number of benzene rings is 2. The lowest BCUT2D eigenvalue weighted by molar-refractivity contribution is -0.147. The number of carboxylic acid groups (broad SMARTS) is 1. The van der Waals surface area contributed by atoms with Crippen molar-refractivity contribution < 1.29 is 14.6 Å². The molecule has 1 aromatic heterocycles. The molecule has 31 heavy (non-hydrogen) atoms. The van der Waals surface area contributed by atoms with Crippen molar-refractivity contribution in [1.82, 2.24) is 14.9 Å². The number of fused-ring (bicyclic) bond motifs is 1. The van der Waals surface area contributed by atoms with Gasteiger partial charge in [-0.05, 0) is 42.7 Å². The number of hydrogen-bond acceptors (Lipinski definition) is 5. The van der Waals surface area contributed by atoms with Crippen LogP contribution in [-0.4, -0.2) is 38.5 Å². The van der Waals surface area contributed by atoms with Gasteiger partial charge < -0.3 is 9.84 Å². The Morgan fingerprint density at radius 3 is 2.61 bits per heavy atom. The van der Waals surface area contributed by atoms with E-state index in [0.717, 1.165) is 66.3 Å². The number of carboxylic acids is 1. The highest BCUT2D eigenvalue weighted by Crippen LogP contribution is 2.34. The summed E-state index contributed by atoms with van der Waals surface area (Å²) in [5, 5.41) is 9.10. The Bertz CT molecular complexity index is 1060. The van der Waals surface area contributed by atoms with Crippen LogP contribution in [0.15, 0.2) is 60.8 Å². The maximum absolute atomic E-state index is 11.1. The third-order valence-electron chi connectivity index (χ3n) is 6.30. The van der Waals surface area contributed by atoms with Crippen LogP contribution in [0.1, 0.15) is 29.7 Å². The van der Waals surface area contributed by atoms with Crippen LogP contribution in [0.2, 0.25) is 0 Å². The summed E-state index contributed by atoms with van der Waals surface area (Å²) in [6.07, 6.45) is 4.30. The highest BCUT2D eigenvalue weighted by Gasteiger charge is 2.39. The molecule has 0 unspecified atom stereocenters. The van der Waals surface area contributed by atoms with E-state index in [2.05, 4.69) is 9.88 Å². The van der Waals surface area contributed by atoms with Gasteiger partial charge in [-0.1, -0.05) is 30.3 Å². The van der Waals surface area contributed by atoms with Crippen molar-refractivity contribution in [2.45, 2.75) is 38.5 Å². The van der Waals surface area contributed by atoms with E-state index in [4.69, 9.17) is 14.8 Å². The van der Waals surface area contributed by atoms with Gasteiger partial charge in [-0.3, -0.25) is 9.69 Å². The lowest BCUT2D eigenvalue weighted by atomic mass is 9.78. The average molecular weight is 415 g/mol. The number of nitrogens with zero attached hydrogens (tertiary/aromatic N) is 3. The summed E-state index contributed by atoms with van der Waals surface area (Å²) in [6, 6.07) is 18.4. The summed E-state index contributed by atoms with van der Waals surface area (Å²) in [4.78, 5) is 22.8. The maximum atomic E-state index is 11.1. The summed E-state index contributed by atoms with van der Waals surface area (Å²) in [6.45, 7) is 2.27. The Kier molecular flexibility index (Phi) is 5.38. The van der Waals surface area contributed by atoms with Gasteiger partial charge in [0.2, 0.25) is 0 Å². The summed E-state index contributed by atoms with van der Waals surface area (Å²) in [7, 11) is 0.